The number of halogens is 3. The molecule has 3 N–H and O–H groups in total. The first kappa shape index (κ1) is 16.9. The Morgan fingerprint density at radius 3 is 2.59 bits per heavy atom. The molecule has 0 aliphatic rings. The maximum Gasteiger partial charge on any atom is 0.193 e. The molecule has 2 aromatic carbocycles. The third-order valence-electron chi connectivity index (χ3n) is 3.09. The van der Waals surface area contributed by atoms with Gasteiger partial charge in [-0.1, -0.05) is 66.0 Å². The number of hydrogen-bond donors (Lipinski definition) is 2. The van der Waals surface area contributed by atoms with Gasteiger partial charge in [-0.25, -0.2) is 4.99 Å². The van der Waals surface area contributed by atoms with Crippen molar-refractivity contribution in [1.82, 2.24) is 0 Å². The van der Waals surface area contributed by atoms with Gasteiger partial charge in [-0.15, -0.1) is 0 Å². The molecule has 0 aromatic heterocycles. The fraction of sp³-hybridized carbons (Fsp3) is 0.188. The van der Waals surface area contributed by atoms with Gasteiger partial charge < -0.3 is 11.1 Å². The van der Waals surface area contributed by atoms with Crippen LogP contribution in [0.1, 0.15) is 18.1 Å². The lowest BCUT2D eigenvalue weighted by Gasteiger charge is -2.09. The second-order valence-corrected chi connectivity index (χ2v) is 5.97. The first-order valence-electron chi connectivity index (χ1n) is 6.79. The van der Waals surface area contributed by atoms with E-state index in [-0.39, 0.29) is 5.96 Å². The van der Waals surface area contributed by atoms with Gasteiger partial charge >= 0.3 is 0 Å². The van der Waals surface area contributed by atoms with Crippen molar-refractivity contribution >= 4 is 46.4 Å². The van der Waals surface area contributed by atoms with Gasteiger partial charge in [0.05, 0.1) is 22.3 Å². The molecule has 22 heavy (non-hydrogen) atoms. The highest BCUT2D eigenvalue weighted by molar-refractivity contribution is 6.45. The summed E-state index contributed by atoms with van der Waals surface area (Å²) in [4.78, 5) is 4.30. The van der Waals surface area contributed by atoms with Crippen LogP contribution in [0.15, 0.2) is 41.4 Å². The van der Waals surface area contributed by atoms with Gasteiger partial charge in [0.1, 0.15) is 0 Å². The average molecular weight is 357 g/mol. The number of hydrogen-bond acceptors (Lipinski definition) is 1. The Labute approximate surface area is 145 Å². The van der Waals surface area contributed by atoms with E-state index in [2.05, 4.69) is 29.4 Å². The molecule has 0 bridgehead atoms. The first-order chi connectivity index (χ1) is 10.5. The molecule has 0 saturated carbocycles. The van der Waals surface area contributed by atoms with Gasteiger partial charge in [0, 0.05) is 5.02 Å². The van der Waals surface area contributed by atoms with E-state index in [1.807, 2.05) is 12.1 Å². The molecule has 0 saturated heterocycles. The third kappa shape index (κ3) is 4.54. The lowest BCUT2D eigenvalue weighted by atomic mass is 10.1. The zero-order valence-electron chi connectivity index (χ0n) is 12.0. The molecule has 6 heteroatoms. The fourth-order valence-electron chi connectivity index (χ4n) is 1.95. The smallest absolute Gasteiger partial charge is 0.193 e. The summed E-state index contributed by atoms with van der Waals surface area (Å²) in [5, 5.41) is 4.11. The molecular formula is C16H16Cl3N3. The van der Waals surface area contributed by atoms with Gasteiger partial charge in [-0.3, -0.25) is 0 Å². The second kappa shape index (κ2) is 7.73. The number of aliphatic imine (C=N–C) groups is 1. The van der Waals surface area contributed by atoms with E-state index in [9.17, 15) is 0 Å². The van der Waals surface area contributed by atoms with Gasteiger partial charge in [0.25, 0.3) is 0 Å². The predicted molar refractivity (Wildman–Crippen MR) is 96.2 cm³/mol. The molecule has 0 atom stereocenters. The van der Waals surface area contributed by atoms with E-state index >= 15 is 0 Å². The van der Waals surface area contributed by atoms with Crippen molar-refractivity contribution in [3.63, 3.8) is 0 Å². The minimum Gasteiger partial charge on any atom is -0.370 e. The summed E-state index contributed by atoms with van der Waals surface area (Å²) in [6.45, 7) is 2.60. The lowest BCUT2D eigenvalue weighted by molar-refractivity contribution is 1.04. The summed E-state index contributed by atoms with van der Waals surface area (Å²) in [6.07, 6.45) is 0.988. The molecule has 0 unspecified atom stereocenters. The Kier molecular flexibility index (Phi) is 5.95. The van der Waals surface area contributed by atoms with Crippen LogP contribution < -0.4 is 11.1 Å². The van der Waals surface area contributed by atoms with Crippen LogP contribution >= 0.6 is 34.8 Å². The Morgan fingerprint density at radius 1 is 1.14 bits per heavy atom. The monoisotopic (exact) mass is 355 g/mol. The van der Waals surface area contributed by atoms with Crippen molar-refractivity contribution in [3.8, 4) is 0 Å². The SMILES string of the molecule is CCc1cccc(CN=C(N)Nc2cc(Cl)cc(Cl)c2Cl)c1. The summed E-state index contributed by atoms with van der Waals surface area (Å²) in [5.74, 6) is 0.252. The Balaban J connectivity index is 2.10. The molecule has 116 valence electrons. The molecule has 0 aliphatic heterocycles. The predicted octanol–water partition coefficient (Wildman–Crippen LogP) is 5.14. The number of benzene rings is 2. The fourth-order valence-corrected chi connectivity index (χ4v) is 2.60. The number of nitrogens with zero attached hydrogens (tertiary/aromatic N) is 1. The van der Waals surface area contributed by atoms with Crippen LogP contribution in [0.2, 0.25) is 15.1 Å². The summed E-state index contributed by atoms with van der Waals surface area (Å²) < 4.78 is 0. The molecule has 2 aromatic rings. The molecule has 0 spiro atoms. The molecule has 0 aliphatic carbocycles. The molecule has 0 radical (unpaired) electrons. The Bertz CT molecular complexity index is 699. The zero-order valence-corrected chi connectivity index (χ0v) is 14.3. The van der Waals surface area contributed by atoms with Crippen molar-refractivity contribution in [2.24, 2.45) is 10.7 Å². The molecule has 3 nitrogen and oxygen atoms in total. The number of rotatable bonds is 4. The number of nitrogens with two attached hydrogens (primary N) is 1. The summed E-state index contributed by atoms with van der Waals surface area (Å²) in [6, 6.07) is 11.4. The van der Waals surface area contributed by atoms with Crippen molar-refractivity contribution in [2.75, 3.05) is 5.32 Å². The maximum atomic E-state index is 6.10. The van der Waals surface area contributed by atoms with Crippen LogP contribution in [0.25, 0.3) is 0 Å². The number of anilines is 1. The van der Waals surface area contributed by atoms with Crippen LogP contribution in [0.3, 0.4) is 0 Å². The Hall–Kier alpha value is -1.42. The van der Waals surface area contributed by atoms with E-state index in [0.717, 1.165) is 12.0 Å². The molecule has 0 heterocycles. The van der Waals surface area contributed by atoms with Gasteiger partial charge in [0.2, 0.25) is 0 Å². The van der Waals surface area contributed by atoms with Crippen molar-refractivity contribution in [2.45, 2.75) is 19.9 Å². The van der Waals surface area contributed by atoms with Crippen molar-refractivity contribution in [1.29, 1.82) is 0 Å². The standard InChI is InChI=1S/C16H16Cl3N3/c1-2-10-4-3-5-11(6-10)9-21-16(20)22-14-8-12(17)7-13(18)15(14)19/h3-8H,2,9H2,1H3,(H3,20,21,22). The lowest BCUT2D eigenvalue weighted by Crippen LogP contribution is -2.22. The molecular weight excluding hydrogens is 341 g/mol. The highest BCUT2D eigenvalue weighted by atomic mass is 35.5. The largest absolute Gasteiger partial charge is 0.370 e. The van der Waals surface area contributed by atoms with E-state index in [0.29, 0.717) is 27.3 Å². The summed E-state index contributed by atoms with van der Waals surface area (Å²) >= 11 is 18.0. The highest BCUT2D eigenvalue weighted by Gasteiger charge is 2.07. The minimum absolute atomic E-state index is 0.252. The molecule has 0 amide bonds. The van der Waals surface area contributed by atoms with Crippen LogP contribution in [0, 0.1) is 0 Å². The van der Waals surface area contributed by atoms with E-state index in [1.165, 1.54) is 5.56 Å². The van der Waals surface area contributed by atoms with Crippen molar-refractivity contribution < 1.29 is 0 Å². The number of nitrogens with one attached hydrogen (secondary N) is 1. The zero-order chi connectivity index (χ0) is 16.1. The van der Waals surface area contributed by atoms with Gasteiger partial charge in [-0.2, -0.15) is 0 Å². The quantitative estimate of drug-likeness (QED) is 0.453. The van der Waals surface area contributed by atoms with E-state index in [4.69, 9.17) is 40.5 Å². The highest BCUT2D eigenvalue weighted by Crippen LogP contribution is 2.33. The van der Waals surface area contributed by atoms with E-state index < -0.39 is 0 Å². The third-order valence-corrected chi connectivity index (χ3v) is 4.11. The van der Waals surface area contributed by atoms with Gasteiger partial charge in [0.15, 0.2) is 5.96 Å². The van der Waals surface area contributed by atoms with Crippen LogP contribution in [0.5, 0.6) is 0 Å². The molecule has 0 fully saturated rings. The second-order valence-electron chi connectivity index (χ2n) is 4.75. The first-order valence-corrected chi connectivity index (χ1v) is 7.92. The van der Waals surface area contributed by atoms with Crippen LogP contribution in [0.4, 0.5) is 5.69 Å². The van der Waals surface area contributed by atoms with Crippen molar-refractivity contribution in [3.05, 3.63) is 62.6 Å². The number of guanidine groups is 1. The minimum atomic E-state index is 0.252. The summed E-state index contributed by atoms with van der Waals surface area (Å²) in [7, 11) is 0. The average Bonchev–Trinajstić information content (AvgIpc) is 2.50. The summed E-state index contributed by atoms with van der Waals surface area (Å²) in [5.41, 5.74) is 8.78. The van der Waals surface area contributed by atoms with Crippen LogP contribution in [-0.2, 0) is 13.0 Å². The van der Waals surface area contributed by atoms with E-state index in [1.54, 1.807) is 12.1 Å². The Morgan fingerprint density at radius 2 is 1.86 bits per heavy atom. The van der Waals surface area contributed by atoms with Gasteiger partial charge in [-0.05, 0) is 29.7 Å². The number of aryl methyl sites for hydroxylation is 1. The molecule has 2 rings (SSSR count). The van der Waals surface area contributed by atoms with Crippen LogP contribution in [-0.4, -0.2) is 5.96 Å². The maximum absolute atomic E-state index is 6.10. The normalized spacial score (nSPS) is 11.5. The topological polar surface area (TPSA) is 50.4 Å².